The Morgan fingerprint density at radius 2 is 1.30 bits per heavy atom. The van der Waals surface area contributed by atoms with Gasteiger partial charge in [0, 0.05) is 58.0 Å². The molecular formula is C21H32N4O2. The van der Waals surface area contributed by atoms with Crippen molar-refractivity contribution in [3.8, 4) is 0 Å². The average Bonchev–Trinajstić information content (AvgIpc) is 2.73. The number of carbonyl (C=O) groups excluding carboxylic acids is 2. The average molecular weight is 373 g/mol. The van der Waals surface area contributed by atoms with Crippen molar-refractivity contribution in [3.05, 3.63) is 30.3 Å². The summed E-state index contributed by atoms with van der Waals surface area (Å²) in [6.07, 6.45) is 0. The summed E-state index contributed by atoms with van der Waals surface area (Å²) in [7, 11) is 0. The van der Waals surface area contributed by atoms with Crippen LogP contribution in [0.5, 0.6) is 0 Å². The van der Waals surface area contributed by atoms with Gasteiger partial charge in [-0.2, -0.15) is 0 Å². The molecule has 27 heavy (non-hydrogen) atoms. The molecule has 0 unspecified atom stereocenters. The Morgan fingerprint density at radius 3 is 1.78 bits per heavy atom. The topological polar surface area (TPSA) is 47.1 Å². The minimum Gasteiger partial charge on any atom is -0.368 e. The molecule has 2 aliphatic rings. The summed E-state index contributed by atoms with van der Waals surface area (Å²) in [5.41, 5.74) is 0.192. The van der Waals surface area contributed by atoms with Crippen LogP contribution in [0.4, 0.5) is 5.69 Å². The minimum atomic E-state index is -0.997. The maximum absolute atomic E-state index is 13.1. The fraction of sp³-hybridized carbons (Fsp3) is 0.619. The largest absolute Gasteiger partial charge is 0.368 e. The van der Waals surface area contributed by atoms with E-state index >= 15 is 0 Å². The van der Waals surface area contributed by atoms with Crippen molar-refractivity contribution in [2.45, 2.75) is 20.8 Å². The molecule has 2 aliphatic heterocycles. The quantitative estimate of drug-likeness (QED) is 0.752. The van der Waals surface area contributed by atoms with Crippen LogP contribution >= 0.6 is 0 Å². The summed E-state index contributed by atoms with van der Waals surface area (Å²) in [6.45, 7) is 12.9. The van der Waals surface area contributed by atoms with Crippen LogP contribution in [-0.2, 0) is 9.59 Å². The molecule has 0 N–H and O–H groups in total. The van der Waals surface area contributed by atoms with Crippen LogP contribution in [0.2, 0.25) is 0 Å². The van der Waals surface area contributed by atoms with Crippen molar-refractivity contribution in [1.82, 2.24) is 14.7 Å². The number of amides is 2. The highest BCUT2D eigenvalue weighted by Gasteiger charge is 2.42. The molecule has 1 aromatic carbocycles. The first-order valence-corrected chi connectivity index (χ1v) is 10.0. The van der Waals surface area contributed by atoms with Crippen LogP contribution in [0.15, 0.2) is 30.3 Å². The van der Waals surface area contributed by atoms with E-state index in [-0.39, 0.29) is 11.8 Å². The number of nitrogens with zero attached hydrogens (tertiary/aromatic N) is 4. The second-order valence-electron chi connectivity index (χ2n) is 7.97. The molecule has 6 nitrogen and oxygen atoms in total. The highest BCUT2D eigenvalue weighted by atomic mass is 16.2. The van der Waals surface area contributed by atoms with Crippen LogP contribution in [0.1, 0.15) is 20.8 Å². The molecule has 0 aliphatic carbocycles. The molecule has 2 fully saturated rings. The fourth-order valence-corrected chi connectivity index (χ4v) is 3.96. The highest BCUT2D eigenvalue weighted by Crippen LogP contribution is 2.25. The Labute approximate surface area is 162 Å². The minimum absolute atomic E-state index is 0.0336. The molecule has 0 spiro atoms. The molecule has 148 valence electrons. The zero-order chi connectivity index (χ0) is 19.4. The molecule has 0 atom stereocenters. The molecule has 2 saturated heterocycles. The van der Waals surface area contributed by atoms with Crippen molar-refractivity contribution in [2.24, 2.45) is 5.41 Å². The van der Waals surface area contributed by atoms with Gasteiger partial charge in [0.25, 0.3) is 0 Å². The highest BCUT2D eigenvalue weighted by molar-refractivity contribution is 6.04. The monoisotopic (exact) mass is 372 g/mol. The fourth-order valence-electron chi connectivity index (χ4n) is 3.96. The Kier molecular flexibility index (Phi) is 6.05. The smallest absolute Gasteiger partial charge is 0.237 e. The summed E-state index contributed by atoms with van der Waals surface area (Å²) >= 11 is 0. The molecule has 2 amide bonds. The molecule has 2 heterocycles. The van der Waals surface area contributed by atoms with E-state index < -0.39 is 5.41 Å². The molecule has 0 saturated carbocycles. The van der Waals surface area contributed by atoms with Crippen LogP contribution in [0.25, 0.3) is 0 Å². The van der Waals surface area contributed by atoms with Crippen LogP contribution in [0, 0.1) is 5.41 Å². The van der Waals surface area contributed by atoms with E-state index in [1.165, 1.54) is 5.69 Å². The van der Waals surface area contributed by atoms with E-state index in [2.05, 4.69) is 28.9 Å². The summed E-state index contributed by atoms with van der Waals surface area (Å²) in [5, 5.41) is 0. The molecule has 0 bridgehead atoms. The van der Waals surface area contributed by atoms with Gasteiger partial charge < -0.3 is 19.6 Å². The van der Waals surface area contributed by atoms with Gasteiger partial charge >= 0.3 is 0 Å². The van der Waals surface area contributed by atoms with Crippen molar-refractivity contribution in [3.63, 3.8) is 0 Å². The first-order valence-electron chi connectivity index (χ1n) is 10.0. The maximum Gasteiger partial charge on any atom is 0.237 e. The van der Waals surface area contributed by atoms with Gasteiger partial charge in [-0.25, -0.2) is 0 Å². The summed E-state index contributed by atoms with van der Waals surface area (Å²) in [5.74, 6) is -0.0770. The summed E-state index contributed by atoms with van der Waals surface area (Å²) in [4.78, 5) is 34.5. The Balaban J connectivity index is 1.57. The number of rotatable bonds is 4. The third kappa shape index (κ3) is 4.26. The van der Waals surface area contributed by atoms with E-state index in [0.717, 1.165) is 32.7 Å². The zero-order valence-electron chi connectivity index (χ0n) is 16.9. The van der Waals surface area contributed by atoms with Gasteiger partial charge in [-0.3, -0.25) is 9.59 Å². The lowest BCUT2D eigenvalue weighted by atomic mass is 9.89. The number of carbonyl (C=O) groups is 2. The van der Waals surface area contributed by atoms with Gasteiger partial charge in [0.2, 0.25) is 11.8 Å². The van der Waals surface area contributed by atoms with Gasteiger partial charge in [-0.15, -0.1) is 0 Å². The summed E-state index contributed by atoms with van der Waals surface area (Å²) < 4.78 is 0. The third-order valence-electron chi connectivity index (χ3n) is 5.86. The maximum atomic E-state index is 13.1. The first kappa shape index (κ1) is 19.7. The van der Waals surface area contributed by atoms with E-state index in [9.17, 15) is 9.59 Å². The SMILES string of the molecule is CCN1CCN(C(=O)C(C)(C)C(=O)N2CCN(c3ccccc3)CC2)CC1. The molecule has 0 aromatic heterocycles. The van der Waals surface area contributed by atoms with Crippen LogP contribution in [-0.4, -0.2) is 85.4 Å². The van der Waals surface area contributed by atoms with Gasteiger partial charge in [-0.1, -0.05) is 25.1 Å². The lowest BCUT2D eigenvalue weighted by molar-refractivity contribution is -0.155. The molecule has 3 rings (SSSR count). The first-order chi connectivity index (χ1) is 12.9. The van der Waals surface area contributed by atoms with Crippen molar-refractivity contribution < 1.29 is 9.59 Å². The second kappa shape index (κ2) is 8.30. The number of anilines is 1. The predicted octanol–water partition coefficient (Wildman–Crippen LogP) is 1.53. The van der Waals surface area contributed by atoms with E-state index in [1.54, 1.807) is 13.8 Å². The van der Waals surface area contributed by atoms with Gasteiger partial charge in [-0.05, 0) is 32.5 Å². The van der Waals surface area contributed by atoms with Crippen LogP contribution < -0.4 is 4.90 Å². The summed E-state index contributed by atoms with van der Waals surface area (Å²) in [6, 6.07) is 10.3. The van der Waals surface area contributed by atoms with E-state index in [4.69, 9.17) is 0 Å². The standard InChI is InChI=1S/C21H32N4O2/c1-4-22-10-12-24(13-11-22)19(26)21(2,3)20(27)25-16-14-23(15-17-25)18-8-6-5-7-9-18/h5-9H,4,10-17H2,1-3H3. The third-order valence-corrected chi connectivity index (χ3v) is 5.86. The number of benzene rings is 1. The lowest BCUT2D eigenvalue weighted by Crippen LogP contribution is -2.58. The van der Waals surface area contributed by atoms with Crippen molar-refractivity contribution in [1.29, 1.82) is 0 Å². The van der Waals surface area contributed by atoms with Crippen molar-refractivity contribution in [2.75, 3.05) is 63.8 Å². The zero-order valence-corrected chi connectivity index (χ0v) is 16.9. The van der Waals surface area contributed by atoms with E-state index in [0.29, 0.717) is 26.2 Å². The number of piperazine rings is 2. The van der Waals surface area contributed by atoms with Gasteiger partial charge in [0.05, 0.1) is 0 Å². The Morgan fingerprint density at radius 1 is 0.815 bits per heavy atom. The normalized spacial score (nSPS) is 19.3. The number of hydrogen-bond donors (Lipinski definition) is 0. The van der Waals surface area contributed by atoms with Gasteiger partial charge in [0.1, 0.15) is 5.41 Å². The molecule has 1 aromatic rings. The second-order valence-corrected chi connectivity index (χ2v) is 7.97. The molecule has 6 heteroatoms. The number of hydrogen-bond acceptors (Lipinski definition) is 4. The van der Waals surface area contributed by atoms with E-state index in [1.807, 2.05) is 28.0 Å². The Bertz CT molecular complexity index is 645. The number of para-hydroxylation sites is 1. The molecule has 0 radical (unpaired) electrons. The Hall–Kier alpha value is -2.08. The van der Waals surface area contributed by atoms with Crippen LogP contribution in [0.3, 0.4) is 0 Å². The van der Waals surface area contributed by atoms with Crippen molar-refractivity contribution >= 4 is 17.5 Å². The van der Waals surface area contributed by atoms with Gasteiger partial charge in [0.15, 0.2) is 0 Å². The number of likely N-dealkylation sites (N-methyl/N-ethyl adjacent to an activating group) is 1. The molecular weight excluding hydrogens is 340 g/mol. The predicted molar refractivity (Wildman–Crippen MR) is 108 cm³/mol. The lowest BCUT2D eigenvalue weighted by Gasteiger charge is -2.41.